The summed E-state index contributed by atoms with van der Waals surface area (Å²) in [6.45, 7) is 0. The minimum atomic E-state index is 0.666. The summed E-state index contributed by atoms with van der Waals surface area (Å²) in [4.78, 5) is 1.91. The van der Waals surface area contributed by atoms with E-state index in [2.05, 4.69) is 50.5 Å². The third kappa shape index (κ3) is 2.10. The van der Waals surface area contributed by atoms with E-state index < -0.39 is 0 Å². The normalized spacial score (nSPS) is 10.3. The van der Waals surface area contributed by atoms with Crippen LogP contribution in [0, 0.1) is 0 Å². The number of thiol groups is 4. The predicted molar refractivity (Wildman–Crippen MR) is 66.3 cm³/mol. The molecule has 0 aliphatic heterocycles. The molecule has 1 aromatic rings. The molecule has 0 aliphatic rings. The average Bonchev–Trinajstić information content (AvgIpc) is 2.06. The van der Waals surface area contributed by atoms with Gasteiger partial charge in [-0.1, -0.05) is 6.07 Å². The molecule has 1 rings (SSSR count). The molecule has 0 aliphatic carbocycles. The number of benzene rings is 1. The van der Waals surface area contributed by atoms with Crippen molar-refractivity contribution in [3.8, 4) is 0 Å². The van der Waals surface area contributed by atoms with E-state index >= 15 is 0 Å². The molecule has 0 unspecified atom stereocenters. The summed E-state index contributed by atoms with van der Waals surface area (Å²) < 4.78 is 0. The maximum atomic E-state index is 4.39. The van der Waals surface area contributed by atoms with Crippen LogP contribution in [-0.4, -0.2) is 0 Å². The van der Waals surface area contributed by atoms with Gasteiger partial charge in [-0.3, -0.25) is 0 Å². The van der Waals surface area contributed by atoms with E-state index in [-0.39, 0.29) is 0 Å². The van der Waals surface area contributed by atoms with Crippen LogP contribution >= 0.6 is 50.5 Å². The Kier molecular flexibility index (Phi) is 4.23. The fraction of sp³-hybridized carbons (Fsp3) is 0.250. The first kappa shape index (κ1) is 10.7. The molecule has 0 fully saturated rings. The topological polar surface area (TPSA) is 0 Å². The molecule has 0 N–H and O–H groups in total. The van der Waals surface area contributed by atoms with Crippen molar-refractivity contribution in [3.63, 3.8) is 0 Å². The Bertz CT molecular complexity index is 283. The van der Waals surface area contributed by atoms with E-state index in [9.17, 15) is 0 Å². The zero-order valence-electron chi connectivity index (χ0n) is 6.36. The van der Waals surface area contributed by atoms with Crippen molar-refractivity contribution in [3.05, 3.63) is 23.3 Å². The molecule has 0 saturated heterocycles. The number of hydrogen-bond donors (Lipinski definition) is 4. The molecule has 0 bridgehead atoms. The Hall–Kier alpha value is 0.620. The van der Waals surface area contributed by atoms with E-state index in [1.807, 2.05) is 12.1 Å². The molecule has 0 radical (unpaired) electrons. The molecule has 0 saturated carbocycles. The van der Waals surface area contributed by atoms with Gasteiger partial charge in [0.05, 0.1) is 0 Å². The summed E-state index contributed by atoms with van der Waals surface area (Å²) in [5.74, 6) is 1.37. The van der Waals surface area contributed by atoms with Crippen molar-refractivity contribution >= 4 is 50.5 Å². The monoisotopic (exact) mass is 234 g/mol. The van der Waals surface area contributed by atoms with Crippen molar-refractivity contribution in [1.29, 1.82) is 0 Å². The van der Waals surface area contributed by atoms with Gasteiger partial charge < -0.3 is 0 Å². The first-order chi connectivity index (χ1) is 5.70. The van der Waals surface area contributed by atoms with Crippen molar-refractivity contribution < 1.29 is 0 Å². The maximum absolute atomic E-state index is 4.39. The number of rotatable bonds is 2. The summed E-state index contributed by atoms with van der Waals surface area (Å²) in [6, 6.07) is 3.95. The van der Waals surface area contributed by atoms with E-state index in [1.165, 1.54) is 0 Å². The van der Waals surface area contributed by atoms with Gasteiger partial charge in [-0.15, -0.1) is 25.3 Å². The van der Waals surface area contributed by atoms with Gasteiger partial charge in [0.2, 0.25) is 0 Å². The summed E-state index contributed by atoms with van der Waals surface area (Å²) in [7, 11) is 0. The quantitative estimate of drug-likeness (QED) is 0.555. The van der Waals surface area contributed by atoms with Crippen LogP contribution < -0.4 is 0 Å². The van der Waals surface area contributed by atoms with Gasteiger partial charge in [0, 0.05) is 21.3 Å². The van der Waals surface area contributed by atoms with Crippen LogP contribution in [0.25, 0.3) is 0 Å². The average molecular weight is 234 g/mol. The van der Waals surface area contributed by atoms with Gasteiger partial charge in [-0.2, -0.15) is 25.3 Å². The highest BCUT2D eigenvalue weighted by atomic mass is 32.1. The minimum Gasteiger partial charge on any atom is -0.175 e. The molecule has 0 atom stereocenters. The van der Waals surface area contributed by atoms with Crippen LogP contribution in [0.4, 0.5) is 0 Å². The third-order valence-corrected chi connectivity index (χ3v) is 3.30. The van der Waals surface area contributed by atoms with E-state index in [1.54, 1.807) is 0 Å². The second kappa shape index (κ2) is 4.74. The Morgan fingerprint density at radius 2 is 1.67 bits per heavy atom. The molecule has 0 aromatic heterocycles. The minimum absolute atomic E-state index is 0.666. The zero-order chi connectivity index (χ0) is 9.14. The van der Waals surface area contributed by atoms with E-state index in [4.69, 9.17) is 0 Å². The van der Waals surface area contributed by atoms with E-state index in [0.717, 1.165) is 20.9 Å². The van der Waals surface area contributed by atoms with Crippen LogP contribution in [0.5, 0.6) is 0 Å². The summed E-state index contributed by atoms with van der Waals surface area (Å²) in [6.07, 6.45) is 0. The van der Waals surface area contributed by atoms with Crippen LogP contribution in [0.3, 0.4) is 0 Å². The summed E-state index contributed by atoms with van der Waals surface area (Å²) in [5.41, 5.74) is 2.21. The molecule has 4 heteroatoms. The Morgan fingerprint density at radius 3 is 2.17 bits per heavy atom. The Labute approximate surface area is 94.8 Å². The zero-order valence-corrected chi connectivity index (χ0v) is 9.94. The predicted octanol–water partition coefficient (Wildman–Crippen LogP) is 3.12. The maximum Gasteiger partial charge on any atom is 0.0176 e. The van der Waals surface area contributed by atoms with Crippen LogP contribution in [0.2, 0.25) is 0 Å². The van der Waals surface area contributed by atoms with Gasteiger partial charge >= 0.3 is 0 Å². The molecular weight excluding hydrogens is 224 g/mol. The SMILES string of the molecule is SCc1ccc(S)c(CS)c1S. The lowest BCUT2D eigenvalue weighted by Gasteiger charge is -2.09. The first-order valence-corrected chi connectivity index (χ1v) is 5.61. The highest BCUT2D eigenvalue weighted by molar-refractivity contribution is 7.82. The molecule has 0 heterocycles. The van der Waals surface area contributed by atoms with Crippen molar-refractivity contribution in [2.45, 2.75) is 21.3 Å². The smallest absolute Gasteiger partial charge is 0.0176 e. The molecule has 0 spiro atoms. The summed E-state index contributed by atoms with van der Waals surface area (Å²) >= 11 is 17.1. The molecule has 66 valence electrons. The van der Waals surface area contributed by atoms with Gasteiger partial charge in [0.25, 0.3) is 0 Å². The first-order valence-electron chi connectivity index (χ1n) is 3.45. The fourth-order valence-electron chi connectivity index (χ4n) is 0.958. The largest absolute Gasteiger partial charge is 0.175 e. The summed E-state index contributed by atoms with van der Waals surface area (Å²) in [5, 5.41) is 0. The van der Waals surface area contributed by atoms with Crippen LogP contribution in [0.15, 0.2) is 21.9 Å². The van der Waals surface area contributed by atoms with Gasteiger partial charge in [-0.05, 0) is 17.2 Å². The van der Waals surface area contributed by atoms with Gasteiger partial charge in [0.15, 0.2) is 0 Å². The Morgan fingerprint density at radius 1 is 1.00 bits per heavy atom. The lowest BCUT2D eigenvalue weighted by atomic mass is 10.1. The lowest BCUT2D eigenvalue weighted by Crippen LogP contribution is -1.89. The second-order valence-corrected chi connectivity index (χ2v) is 3.95. The standard InChI is InChI=1S/C8H10S4/c9-3-5-1-2-7(11)6(4-10)8(5)12/h1-2,9-12H,3-4H2. The fourth-order valence-corrected chi connectivity index (χ4v) is 2.63. The highest BCUT2D eigenvalue weighted by Crippen LogP contribution is 2.27. The molecule has 12 heavy (non-hydrogen) atoms. The molecule has 0 amide bonds. The number of hydrogen-bond acceptors (Lipinski definition) is 4. The lowest BCUT2D eigenvalue weighted by molar-refractivity contribution is 1.12. The highest BCUT2D eigenvalue weighted by Gasteiger charge is 2.05. The van der Waals surface area contributed by atoms with Gasteiger partial charge in [0.1, 0.15) is 0 Å². The van der Waals surface area contributed by atoms with Crippen molar-refractivity contribution in [2.75, 3.05) is 0 Å². The third-order valence-electron chi connectivity index (χ3n) is 1.67. The van der Waals surface area contributed by atoms with E-state index in [0.29, 0.717) is 11.5 Å². The van der Waals surface area contributed by atoms with Crippen molar-refractivity contribution in [2.24, 2.45) is 0 Å². The van der Waals surface area contributed by atoms with Gasteiger partial charge in [-0.25, -0.2) is 0 Å². The second-order valence-electron chi connectivity index (χ2n) is 2.39. The van der Waals surface area contributed by atoms with Crippen LogP contribution in [0.1, 0.15) is 11.1 Å². The van der Waals surface area contributed by atoms with Crippen molar-refractivity contribution in [1.82, 2.24) is 0 Å². The van der Waals surface area contributed by atoms with Crippen LogP contribution in [-0.2, 0) is 11.5 Å². The molecular formula is C8H10S4. The Balaban J connectivity index is 3.24. The molecule has 0 nitrogen and oxygen atoms in total. The molecule has 1 aromatic carbocycles.